The molecule has 352 valence electrons. The number of imidazole rings is 1. The minimum atomic E-state index is -1.28. The zero-order valence-electron chi connectivity index (χ0n) is 38.5. The van der Waals surface area contributed by atoms with Gasteiger partial charge in [-0.25, -0.2) is 14.8 Å². The lowest BCUT2D eigenvalue weighted by atomic mass is 9.86. The van der Waals surface area contributed by atoms with Crippen molar-refractivity contribution in [3.8, 4) is 11.5 Å². The second kappa shape index (κ2) is 19.3. The predicted octanol–water partition coefficient (Wildman–Crippen LogP) is 4.86. The molecule has 2 aliphatic heterocycles. The molecule has 2 saturated carbocycles. The lowest BCUT2D eigenvalue weighted by Gasteiger charge is -2.36. The molecule has 4 fully saturated rings. The largest absolute Gasteiger partial charge is 0.444 e. The van der Waals surface area contributed by atoms with Crippen LogP contribution in [0.2, 0.25) is 0 Å². The number of ether oxygens (including phenoxy) is 1. The third kappa shape index (κ3) is 10.5. The third-order valence-electron chi connectivity index (χ3n) is 13.7. The van der Waals surface area contributed by atoms with Crippen LogP contribution >= 0.6 is 0 Å². The lowest BCUT2D eigenvalue weighted by molar-refractivity contribution is -0.135. The first-order valence-corrected chi connectivity index (χ1v) is 23.6. The van der Waals surface area contributed by atoms with E-state index in [0.717, 1.165) is 100 Å². The van der Waals surface area contributed by atoms with Crippen molar-refractivity contribution in [2.75, 3.05) is 63.6 Å². The number of likely N-dealkylation sites (N-methyl/N-ethyl adjacent to an activating group) is 1. The number of nitrogens with zero attached hydrogens (tertiary/aromatic N) is 8. The van der Waals surface area contributed by atoms with Crippen LogP contribution in [0.4, 0.5) is 11.5 Å². The molecule has 66 heavy (non-hydrogen) atoms. The summed E-state index contributed by atoms with van der Waals surface area (Å²) in [6.07, 6.45) is 13.8. The van der Waals surface area contributed by atoms with E-state index in [-0.39, 0.29) is 35.9 Å². The number of morpholine rings is 1. The molecule has 18 heteroatoms. The molecule has 5 aromatic rings. The second-order valence-electron chi connectivity index (χ2n) is 19.5. The summed E-state index contributed by atoms with van der Waals surface area (Å²) in [5.41, 5.74) is 2.79. The van der Waals surface area contributed by atoms with Gasteiger partial charge in [0, 0.05) is 64.1 Å². The normalized spacial score (nSPS) is 22.0. The Hall–Kier alpha value is -5.69. The average Bonchev–Trinajstić information content (AvgIpc) is 3.69. The number of nitrogens with one attached hydrogen (secondary N) is 3. The van der Waals surface area contributed by atoms with Crippen LogP contribution in [0.3, 0.4) is 0 Å². The van der Waals surface area contributed by atoms with Gasteiger partial charge in [0.15, 0.2) is 5.69 Å². The topological polar surface area (TPSA) is 207 Å². The lowest BCUT2D eigenvalue weighted by Crippen LogP contribution is -2.47. The van der Waals surface area contributed by atoms with Crippen molar-refractivity contribution < 1.29 is 28.6 Å². The maximum atomic E-state index is 13.5. The van der Waals surface area contributed by atoms with Crippen LogP contribution in [0.25, 0.3) is 22.5 Å². The summed E-state index contributed by atoms with van der Waals surface area (Å²) in [5, 5.41) is 24.6. The third-order valence-corrected chi connectivity index (χ3v) is 13.7. The summed E-state index contributed by atoms with van der Waals surface area (Å²) in [6, 6.07) is 9.14. The Labute approximate surface area is 384 Å². The van der Waals surface area contributed by atoms with E-state index in [9.17, 15) is 24.3 Å². The maximum Gasteiger partial charge on any atom is 0.329 e. The number of oxazole rings is 1. The van der Waals surface area contributed by atoms with E-state index < -0.39 is 23.5 Å². The van der Waals surface area contributed by atoms with Gasteiger partial charge in [-0.15, -0.1) is 0 Å². The van der Waals surface area contributed by atoms with E-state index in [1.807, 2.05) is 35.1 Å². The summed E-state index contributed by atoms with van der Waals surface area (Å²) in [4.78, 5) is 64.7. The Kier molecular flexibility index (Phi) is 13.3. The summed E-state index contributed by atoms with van der Waals surface area (Å²) in [7, 11) is 3.91. The molecule has 4 aromatic heterocycles. The highest BCUT2D eigenvalue weighted by Gasteiger charge is 2.33. The monoisotopic (exact) mass is 905 g/mol. The van der Waals surface area contributed by atoms with Gasteiger partial charge in [-0.3, -0.25) is 38.4 Å². The fourth-order valence-electron chi connectivity index (χ4n) is 9.90. The van der Waals surface area contributed by atoms with Crippen molar-refractivity contribution >= 4 is 40.3 Å². The van der Waals surface area contributed by atoms with E-state index in [2.05, 4.69) is 42.8 Å². The van der Waals surface area contributed by atoms with Crippen LogP contribution in [0.15, 0.2) is 58.2 Å². The molecule has 1 aromatic carbocycles. The first-order valence-electron chi connectivity index (χ1n) is 23.6. The molecule has 6 heterocycles. The fraction of sp³-hybridized carbons (Fsp3) is 0.562. The molecule has 2 atom stereocenters. The van der Waals surface area contributed by atoms with E-state index in [1.165, 1.54) is 23.7 Å². The zero-order valence-corrected chi connectivity index (χ0v) is 38.5. The molecule has 0 radical (unpaired) electrons. The number of aryl methyl sites for hydroxylation is 2. The molecule has 2 aliphatic carbocycles. The Bertz CT molecular complexity index is 2610. The minimum Gasteiger partial charge on any atom is -0.444 e. The van der Waals surface area contributed by atoms with Gasteiger partial charge in [0.2, 0.25) is 17.7 Å². The molecule has 18 nitrogen and oxygen atoms in total. The van der Waals surface area contributed by atoms with E-state index in [0.29, 0.717) is 47.7 Å². The van der Waals surface area contributed by atoms with Gasteiger partial charge >= 0.3 is 5.69 Å². The number of piperidine rings is 1. The number of amides is 3. The number of benzene rings is 1. The quantitative estimate of drug-likeness (QED) is 0.0922. The number of pyridine rings is 1. The minimum absolute atomic E-state index is 0.127. The van der Waals surface area contributed by atoms with Crippen LogP contribution in [0.1, 0.15) is 105 Å². The Morgan fingerprint density at radius 2 is 1.82 bits per heavy atom. The number of anilines is 2. The number of carbonyl (C=O) groups excluding carboxylic acids is 3. The molecule has 0 spiro atoms. The molecule has 0 bridgehead atoms. The number of imide groups is 1. The van der Waals surface area contributed by atoms with Crippen molar-refractivity contribution in [3.63, 3.8) is 0 Å². The van der Waals surface area contributed by atoms with Gasteiger partial charge in [0.25, 0.3) is 5.91 Å². The molecule has 3 amide bonds. The number of rotatable bonds is 17. The molecule has 9 rings (SSSR count). The molecule has 4 aliphatic rings. The molecule has 4 N–H and O–H groups in total. The smallest absolute Gasteiger partial charge is 0.329 e. The molecule has 1 unspecified atom stereocenters. The summed E-state index contributed by atoms with van der Waals surface area (Å²) >= 11 is 0. The zero-order chi connectivity index (χ0) is 46.1. The van der Waals surface area contributed by atoms with Crippen LogP contribution in [-0.2, 0) is 33.4 Å². The highest BCUT2D eigenvalue weighted by molar-refractivity contribution is 6.03. The van der Waals surface area contributed by atoms with Crippen molar-refractivity contribution in [2.45, 2.75) is 102 Å². The highest BCUT2D eigenvalue weighted by Crippen LogP contribution is 2.36. The average molecular weight is 906 g/mol. The molecule has 2 saturated heterocycles. The van der Waals surface area contributed by atoms with Gasteiger partial charge in [0.05, 0.1) is 35.5 Å². The van der Waals surface area contributed by atoms with E-state index in [1.54, 1.807) is 37.7 Å². The number of hydrogen-bond acceptors (Lipinski definition) is 13. The van der Waals surface area contributed by atoms with Crippen LogP contribution < -0.4 is 21.6 Å². The van der Waals surface area contributed by atoms with Crippen LogP contribution in [-0.4, -0.2) is 121 Å². The second-order valence-corrected chi connectivity index (χ2v) is 19.5. The predicted molar refractivity (Wildman–Crippen MR) is 248 cm³/mol. The number of aliphatic hydroxyl groups is 1. The van der Waals surface area contributed by atoms with Crippen molar-refractivity contribution in [2.24, 2.45) is 18.9 Å². The summed E-state index contributed by atoms with van der Waals surface area (Å²) in [6.45, 7) is 9.49. The Morgan fingerprint density at radius 1 is 1.02 bits per heavy atom. The molecular formula is C48H63N11O7. The molecular weight excluding hydrogens is 843 g/mol. The van der Waals surface area contributed by atoms with Gasteiger partial charge in [0.1, 0.15) is 29.4 Å². The van der Waals surface area contributed by atoms with E-state index in [4.69, 9.17) is 14.3 Å². The highest BCUT2D eigenvalue weighted by atomic mass is 16.5. The van der Waals surface area contributed by atoms with Crippen molar-refractivity contribution in [1.29, 1.82) is 0 Å². The summed E-state index contributed by atoms with van der Waals surface area (Å²) in [5.74, 6) is 1.13. The van der Waals surface area contributed by atoms with Crippen LogP contribution in [0, 0.1) is 11.8 Å². The van der Waals surface area contributed by atoms with Crippen molar-refractivity contribution in [1.82, 2.24) is 44.0 Å². The van der Waals surface area contributed by atoms with E-state index >= 15 is 0 Å². The van der Waals surface area contributed by atoms with Crippen molar-refractivity contribution in [3.05, 3.63) is 76.4 Å². The number of hydrogen-bond donors (Lipinski definition) is 4. The van der Waals surface area contributed by atoms with Crippen LogP contribution in [0.5, 0.6) is 0 Å². The standard InChI is InChI=1S/C48H63N11O7/c1-48(2,64)43-36(51-44(61)37-29-66-46(52-37)33-17-18-49-41(23-33)50-24-31-7-8-31)28-58(54-43)34-12-9-32(10-13-34)25-55(3)26-35-27-57(20-21-65-35)19-5-6-30-11-14-38-40(22-30)56(4)47(63)59(38)39-15-16-42(60)53-45(39)62/h11,14,17-18,22-23,28-29,31-32,34-35,39,64H,5-10,12-13,15-16,19-21,24-27H2,1-4H3,(H,49,50)(H,51,61)(H,53,60,62)/t32?,34?,35-,39?/m1/s1. The Morgan fingerprint density at radius 3 is 2.59 bits per heavy atom. The van der Waals surface area contributed by atoms with Gasteiger partial charge in [-0.05, 0) is 127 Å². The SMILES string of the molecule is CN(CC1CCC(n2cc(NC(=O)c3coc(-c4ccnc(NCC5CC5)c4)n3)c(C(C)(C)O)n2)CC1)C[C@@H]1CN(CCCc2ccc3c(c2)n(C)c(=O)n3C2CCC(=O)NC2=O)CCO1. The number of aromatic nitrogens is 6. The van der Waals surface area contributed by atoms with Gasteiger partial charge < -0.3 is 29.8 Å². The first-order chi connectivity index (χ1) is 31.7. The fourth-order valence-corrected chi connectivity index (χ4v) is 9.90. The maximum absolute atomic E-state index is 13.5. The number of fused-ring (bicyclic) bond motifs is 1. The first kappa shape index (κ1) is 45.5. The number of carbonyl (C=O) groups is 3. The Balaban J connectivity index is 0.729. The van der Waals surface area contributed by atoms with Gasteiger partial charge in [-0.1, -0.05) is 6.07 Å². The summed E-state index contributed by atoms with van der Waals surface area (Å²) < 4.78 is 17.0. The van der Waals surface area contributed by atoms with Gasteiger partial charge in [-0.2, -0.15) is 5.10 Å².